The fourth-order valence-electron chi connectivity index (χ4n) is 2.46. The Labute approximate surface area is 116 Å². The Hall–Kier alpha value is -1.13. The first-order valence-electron chi connectivity index (χ1n) is 7.32. The number of hydrogen-bond donors (Lipinski definition) is 1. The lowest BCUT2D eigenvalue weighted by Gasteiger charge is -2.26. The van der Waals surface area contributed by atoms with E-state index in [0.29, 0.717) is 6.10 Å². The van der Waals surface area contributed by atoms with Gasteiger partial charge in [-0.2, -0.15) is 0 Å². The SMILES string of the molecule is CC[C@@H](N)c1ccc(N(CC)CC2CCCO2)cn1. The van der Waals surface area contributed by atoms with Crippen molar-refractivity contribution in [1.29, 1.82) is 0 Å². The lowest BCUT2D eigenvalue weighted by Crippen LogP contribution is -2.32. The van der Waals surface area contributed by atoms with Crippen LogP contribution in [0.2, 0.25) is 0 Å². The van der Waals surface area contributed by atoms with Gasteiger partial charge in [0, 0.05) is 25.7 Å². The van der Waals surface area contributed by atoms with E-state index in [2.05, 4.69) is 29.8 Å². The Morgan fingerprint density at radius 3 is 2.84 bits per heavy atom. The topological polar surface area (TPSA) is 51.4 Å². The minimum Gasteiger partial charge on any atom is -0.376 e. The van der Waals surface area contributed by atoms with Gasteiger partial charge in [0.25, 0.3) is 0 Å². The second-order valence-electron chi connectivity index (χ2n) is 5.13. The lowest BCUT2D eigenvalue weighted by molar-refractivity contribution is 0.115. The van der Waals surface area contributed by atoms with Gasteiger partial charge in [-0.1, -0.05) is 6.92 Å². The lowest BCUT2D eigenvalue weighted by atomic mass is 10.1. The van der Waals surface area contributed by atoms with E-state index in [-0.39, 0.29) is 6.04 Å². The number of aromatic nitrogens is 1. The molecule has 0 spiro atoms. The van der Waals surface area contributed by atoms with Gasteiger partial charge in [-0.3, -0.25) is 4.98 Å². The Morgan fingerprint density at radius 1 is 1.47 bits per heavy atom. The summed E-state index contributed by atoms with van der Waals surface area (Å²) in [5.74, 6) is 0. The highest BCUT2D eigenvalue weighted by Crippen LogP contribution is 2.20. The van der Waals surface area contributed by atoms with Crippen molar-refractivity contribution in [3.8, 4) is 0 Å². The molecular formula is C15H25N3O. The Bertz CT molecular complexity index is 373. The van der Waals surface area contributed by atoms with E-state index >= 15 is 0 Å². The zero-order chi connectivity index (χ0) is 13.7. The summed E-state index contributed by atoms with van der Waals surface area (Å²) < 4.78 is 5.70. The predicted octanol–water partition coefficient (Wildman–Crippen LogP) is 2.50. The molecule has 2 N–H and O–H groups in total. The van der Waals surface area contributed by atoms with Gasteiger partial charge in [0.05, 0.1) is 23.7 Å². The van der Waals surface area contributed by atoms with Gasteiger partial charge in [0.15, 0.2) is 0 Å². The molecule has 0 aliphatic carbocycles. The third kappa shape index (κ3) is 3.67. The van der Waals surface area contributed by atoms with Crippen LogP contribution in [-0.2, 0) is 4.74 Å². The molecule has 106 valence electrons. The van der Waals surface area contributed by atoms with E-state index in [1.54, 1.807) is 0 Å². The molecule has 0 radical (unpaired) electrons. The number of pyridine rings is 1. The molecule has 0 bridgehead atoms. The third-order valence-electron chi connectivity index (χ3n) is 3.79. The number of ether oxygens (including phenoxy) is 1. The smallest absolute Gasteiger partial charge is 0.0750 e. The van der Waals surface area contributed by atoms with Gasteiger partial charge in [0.1, 0.15) is 0 Å². The standard InChI is InChI=1S/C15H25N3O/c1-3-14(16)15-8-7-12(10-17-15)18(4-2)11-13-6-5-9-19-13/h7-8,10,13-14H,3-6,9,11,16H2,1-2H3/t13?,14-/m1/s1. The summed E-state index contributed by atoms with van der Waals surface area (Å²) in [7, 11) is 0. The monoisotopic (exact) mass is 263 g/mol. The quantitative estimate of drug-likeness (QED) is 0.856. The predicted molar refractivity (Wildman–Crippen MR) is 78.3 cm³/mol. The zero-order valence-electron chi connectivity index (χ0n) is 12.0. The van der Waals surface area contributed by atoms with Crippen LogP contribution in [0.4, 0.5) is 5.69 Å². The number of anilines is 1. The molecule has 4 nitrogen and oxygen atoms in total. The maximum atomic E-state index is 5.99. The van der Waals surface area contributed by atoms with E-state index in [0.717, 1.165) is 37.5 Å². The number of nitrogens with two attached hydrogens (primary N) is 1. The molecule has 0 saturated carbocycles. The average Bonchev–Trinajstić information content (AvgIpc) is 2.97. The molecule has 1 aliphatic heterocycles. The fourth-order valence-corrected chi connectivity index (χ4v) is 2.46. The van der Waals surface area contributed by atoms with Gasteiger partial charge < -0.3 is 15.4 Å². The first-order chi connectivity index (χ1) is 9.24. The van der Waals surface area contributed by atoms with Gasteiger partial charge in [-0.15, -0.1) is 0 Å². The summed E-state index contributed by atoms with van der Waals surface area (Å²) in [5.41, 5.74) is 8.12. The molecule has 1 saturated heterocycles. The summed E-state index contributed by atoms with van der Waals surface area (Å²) in [5, 5.41) is 0. The molecule has 2 heterocycles. The molecule has 2 rings (SSSR count). The van der Waals surface area contributed by atoms with Crippen molar-refractivity contribution < 1.29 is 4.74 Å². The number of likely N-dealkylation sites (N-methyl/N-ethyl adjacent to an activating group) is 1. The van der Waals surface area contributed by atoms with Crippen LogP contribution < -0.4 is 10.6 Å². The maximum absolute atomic E-state index is 5.99. The Morgan fingerprint density at radius 2 is 2.32 bits per heavy atom. The van der Waals surface area contributed by atoms with Crippen molar-refractivity contribution in [1.82, 2.24) is 4.98 Å². The summed E-state index contributed by atoms with van der Waals surface area (Å²) in [6, 6.07) is 4.21. The van der Waals surface area contributed by atoms with Gasteiger partial charge in [0.2, 0.25) is 0 Å². The highest BCUT2D eigenvalue weighted by atomic mass is 16.5. The highest BCUT2D eigenvalue weighted by Gasteiger charge is 2.19. The van der Waals surface area contributed by atoms with Crippen molar-refractivity contribution >= 4 is 5.69 Å². The third-order valence-corrected chi connectivity index (χ3v) is 3.79. The fraction of sp³-hybridized carbons (Fsp3) is 0.667. The first-order valence-corrected chi connectivity index (χ1v) is 7.32. The number of nitrogens with zero attached hydrogens (tertiary/aromatic N) is 2. The van der Waals surface area contributed by atoms with Crippen molar-refractivity contribution in [2.75, 3.05) is 24.6 Å². The van der Waals surface area contributed by atoms with Crippen LogP contribution in [0, 0.1) is 0 Å². The van der Waals surface area contributed by atoms with Gasteiger partial charge in [-0.05, 0) is 38.3 Å². The van der Waals surface area contributed by atoms with E-state index in [9.17, 15) is 0 Å². The van der Waals surface area contributed by atoms with Gasteiger partial charge in [-0.25, -0.2) is 0 Å². The van der Waals surface area contributed by atoms with Crippen LogP contribution in [0.3, 0.4) is 0 Å². The van der Waals surface area contributed by atoms with Gasteiger partial charge >= 0.3 is 0 Å². The van der Waals surface area contributed by atoms with Crippen molar-refractivity contribution in [2.45, 2.75) is 45.3 Å². The number of rotatable bonds is 6. The molecule has 1 aliphatic rings. The largest absolute Gasteiger partial charge is 0.376 e. The van der Waals surface area contributed by atoms with Crippen LogP contribution >= 0.6 is 0 Å². The zero-order valence-corrected chi connectivity index (χ0v) is 12.0. The molecule has 1 aromatic rings. The summed E-state index contributed by atoms with van der Waals surface area (Å²) in [6.07, 6.45) is 5.58. The van der Waals surface area contributed by atoms with E-state index in [4.69, 9.17) is 10.5 Å². The molecule has 0 aromatic carbocycles. The van der Waals surface area contributed by atoms with Crippen molar-refractivity contribution in [3.63, 3.8) is 0 Å². The molecule has 0 amide bonds. The second kappa shape index (κ2) is 6.87. The molecule has 2 atom stereocenters. The van der Waals surface area contributed by atoms with Crippen LogP contribution in [-0.4, -0.2) is 30.8 Å². The van der Waals surface area contributed by atoms with Crippen molar-refractivity contribution in [3.05, 3.63) is 24.0 Å². The molecule has 4 heteroatoms. The maximum Gasteiger partial charge on any atom is 0.0750 e. The Kier molecular flexibility index (Phi) is 5.16. The van der Waals surface area contributed by atoms with Crippen LogP contribution in [0.15, 0.2) is 18.3 Å². The van der Waals surface area contributed by atoms with E-state index in [1.165, 1.54) is 12.8 Å². The molecule has 1 aromatic heterocycles. The molecular weight excluding hydrogens is 238 g/mol. The van der Waals surface area contributed by atoms with E-state index in [1.807, 2.05) is 12.3 Å². The Balaban J connectivity index is 2.01. The normalized spacial score (nSPS) is 20.5. The summed E-state index contributed by atoms with van der Waals surface area (Å²) in [4.78, 5) is 6.81. The molecule has 1 unspecified atom stereocenters. The van der Waals surface area contributed by atoms with Crippen LogP contribution in [0.25, 0.3) is 0 Å². The van der Waals surface area contributed by atoms with Crippen LogP contribution in [0.1, 0.15) is 44.8 Å². The average molecular weight is 263 g/mol. The molecule has 1 fully saturated rings. The van der Waals surface area contributed by atoms with Crippen LogP contribution in [0.5, 0.6) is 0 Å². The second-order valence-corrected chi connectivity index (χ2v) is 5.13. The van der Waals surface area contributed by atoms with E-state index < -0.39 is 0 Å². The summed E-state index contributed by atoms with van der Waals surface area (Å²) in [6.45, 7) is 7.08. The summed E-state index contributed by atoms with van der Waals surface area (Å²) >= 11 is 0. The minimum atomic E-state index is 0.0438. The highest BCUT2D eigenvalue weighted by molar-refractivity contribution is 5.44. The number of hydrogen-bond acceptors (Lipinski definition) is 4. The minimum absolute atomic E-state index is 0.0438. The first kappa shape index (κ1) is 14.3. The molecule has 19 heavy (non-hydrogen) atoms. The van der Waals surface area contributed by atoms with Crippen molar-refractivity contribution in [2.24, 2.45) is 5.73 Å².